The van der Waals surface area contributed by atoms with Gasteiger partial charge < -0.3 is 0 Å². The zero-order chi connectivity index (χ0) is 13.6. The third kappa shape index (κ3) is 2.98. The minimum Gasteiger partial charge on any atom is -0.0727 e. The van der Waals surface area contributed by atoms with Gasteiger partial charge in [0, 0.05) is 5.66 Å². The number of benzene rings is 2. The van der Waals surface area contributed by atoms with Gasteiger partial charge in [0.2, 0.25) is 0 Å². The Labute approximate surface area is 121 Å². The van der Waals surface area contributed by atoms with Crippen molar-refractivity contribution in [3.8, 4) is 0 Å². The molecule has 0 aliphatic heterocycles. The van der Waals surface area contributed by atoms with Crippen LogP contribution in [0.3, 0.4) is 0 Å². The van der Waals surface area contributed by atoms with E-state index in [0.717, 1.165) is 0 Å². The predicted molar refractivity (Wildman–Crippen MR) is 90.3 cm³/mol. The van der Waals surface area contributed by atoms with E-state index in [9.17, 15) is 0 Å². The summed E-state index contributed by atoms with van der Waals surface area (Å²) in [4.78, 5) is 0. The summed E-state index contributed by atoms with van der Waals surface area (Å²) in [6.07, 6.45) is 13.1. The zero-order valence-corrected chi connectivity index (χ0v) is 12.2. The number of allylic oxidation sites excluding steroid dienone is 6. The van der Waals surface area contributed by atoms with E-state index in [1.807, 2.05) is 0 Å². The fraction of sp³-hybridized carbons (Fsp3) is 0.0526. The molecule has 2 aromatic rings. The van der Waals surface area contributed by atoms with Gasteiger partial charge in [0.1, 0.15) is 0 Å². The van der Waals surface area contributed by atoms with Crippen LogP contribution >= 0.6 is 7.92 Å². The van der Waals surface area contributed by atoms with E-state index in [4.69, 9.17) is 0 Å². The molecule has 1 heteroatoms. The van der Waals surface area contributed by atoms with E-state index in [0.29, 0.717) is 5.66 Å². The SMILES string of the molecule is C1=CC=CC(P(c2ccccc2)c2ccccc2)C=C1. The van der Waals surface area contributed by atoms with Gasteiger partial charge in [0.25, 0.3) is 0 Å². The van der Waals surface area contributed by atoms with Crippen molar-refractivity contribution in [2.45, 2.75) is 5.66 Å². The zero-order valence-electron chi connectivity index (χ0n) is 11.3. The summed E-state index contributed by atoms with van der Waals surface area (Å²) >= 11 is 0. The highest BCUT2D eigenvalue weighted by Gasteiger charge is 2.20. The first-order valence-electron chi connectivity index (χ1n) is 6.86. The predicted octanol–water partition coefficient (Wildman–Crippen LogP) is 4.17. The maximum Gasteiger partial charge on any atom is 0.0237 e. The maximum atomic E-state index is 2.31. The molecular formula is C19H17P. The smallest absolute Gasteiger partial charge is 0.0237 e. The van der Waals surface area contributed by atoms with Crippen molar-refractivity contribution < 1.29 is 0 Å². The Morgan fingerprint density at radius 3 is 1.45 bits per heavy atom. The van der Waals surface area contributed by atoms with Gasteiger partial charge in [-0.3, -0.25) is 0 Å². The Kier molecular flexibility index (Phi) is 4.25. The van der Waals surface area contributed by atoms with E-state index in [1.54, 1.807) is 0 Å². The average molecular weight is 276 g/mol. The van der Waals surface area contributed by atoms with E-state index >= 15 is 0 Å². The lowest BCUT2D eigenvalue weighted by Crippen LogP contribution is -2.19. The molecule has 0 heterocycles. The van der Waals surface area contributed by atoms with Gasteiger partial charge in [-0.2, -0.15) is 0 Å². The lowest BCUT2D eigenvalue weighted by Gasteiger charge is -2.24. The highest BCUT2D eigenvalue weighted by atomic mass is 31.1. The van der Waals surface area contributed by atoms with Crippen LogP contribution in [0.2, 0.25) is 0 Å². The van der Waals surface area contributed by atoms with E-state index in [-0.39, 0.29) is 0 Å². The van der Waals surface area contributed by atoms with Crippen LogP contribution in [0.25, 0.3) is 0 Å². The topological polar surface area (TPSA) is 0 Å². The molecule has 0 N–H and O–H groups in total. The molecule has 0 amide bonds. The second-order valence-electron chi connectivity index (χ2n) is 4.69. The first-order valence-corrected chi connectivity index (χ1v) is 8.27. The summed E-state index contributed by atoms with van der Waals surface area (Å²) < 4.78 is 0. The molecular weight excluding hydrogens is 259 g/mol. The van der Waals surface area contributed by atoms with Crippen LogP contribution < -0.4 is 10.6 Å². The molecule has 0 fully saturated rings. The molecule has 0 bridgehead atoms. The van der Waals surface area contributed by atoms with Crippen LogP contribution in [0.4, 0.5) is 0 Å². The Morgan fingerprint density at radius 1 is 0.550 bits per heavy atom. The average Bonchev–Trinajstić information content (AvgIpc) is 2.79. The quantitative estimate of drug-likeness (QED) is 0.738. The van der Waals surface area contributed by atoms with Crippen molar-refractivity contribution in [2.75, 3.05) is 0 Å². The molecule has 98 valence electrons. The Morgan fingerprint density at radius 2 is 1.00 bits per heavy atom. The van der Waals surface area contributed by atoms with Crippen molar-refractivity contribution >= 4 is 18.5 Å². The Balaban J connectivity index is 2.04. The van der Waals surface area contributed by atoms with Crippen molar-refractivity contribution in [3.63, 3.8) is 0 Å². The summed E-state index contributed by atoms with van der Waals surface area (Å²) in [6, 6.07) is 21.7. The van der Waals surface area contributed by atoms with Crippen molar-refractivity contribution in [1.82, 2.24) is 0 Å². The van der Waals surface area contributed by atoms with Gasteiger partial charge in [0.15, 0.2) is 0 Å². The Hall–Kier alpha value is -1.91. The largest absolute Gasteiger partial charge is 0.0727 e. The molecule has 20 heavy (non-hydrogen) atoms. The van der Waals surface area contributed by atoms with E-state index in [1.165, 1.54) is 10.6 Å². The molecule has 0 saturated carbocycles. The lowest BCUT2D eigenvalue weighted by atomic mass is 10.3. The number of rotatable bonds is 3. The maximum absolute atomic E-state index is 2.31. The van der Waals surface area contributed by atoms with Crippen LogP contribution in [-0.2, 0) is 0 Å². The molecule has 0 saturated heterocycles. The summed E-state index contributed by atoms with van der Waals surface area (Å²) in [5.74, 6) is 0. The van der Waals surface area contributed by atoms with Gasteiger partial charge in [-0.15, -0.1) is 0 Å². The summed E-state index contributed by atoms with van der Waals surface area (Å²) in [6.45, 7) is 0. The normalized spacial score (nSPS) is 14.7. The van der Waals surface area contributed by atoms with Crippen LogP contribution in [0.5, 0.6) is 0 Å². The highest BCUT2D eigenvalue weighted by Crippen LogP contribution is 2.41. The van der Waals surface area contributed by atoms with E-state index < -0.39 is 7.92 Å². The second-order valence-corrected chi connectivity index (χ2v) is 7.06. The van der Waals surface area contributed by atoms with Gasteiger partial charge in [0.05, 0.1) is 0 Å². The standard InChI is InChI=1S/C19H17P/c1-2-6-12-17(11-5-1)20(18-13-7-3-8-14-18)19-15-9-4-10-16-19/h1-17H. The summed E-state index contributed by atoms with van der Waals surface area (Å²) in [7, 11) is -0.400. The minimum absolute atomic E-state index is 0.400. The molecule has 0 spiro atoms. The molecule has 0 aromatic heterocycles. The first-order chi connectivity index (χ1) is 9.95. The molecule has 1 aliphatic carbocycles. The third-order valence-corrected chi connectivity index (χ3v) is 5.97. The number of hydrogen-bond acceptors (Lipinski definition) is 0. The highest BCUT2D eigenvalue weighted by molar-refractivity contribution is 7.74. The lowest BCUT2D eigenvalue weighted by molar-refractivity contribution is 1.40. The summed E-state index contributed by atoms with van der Waals surface area (Å²) in [5, 5.41) is 2.85. The van der Waals surface area contributed by atoms with Crippen molar-refractivity contribution in [1.29, 1.82) is 0 Å². The van der Waals surface area contributed by atoms with Gasteiger partial charge >= 0.3 is 0 Å². The number of hydrogen-bond donors (Lipinski definition) is 0. The fourth-order valence-electron chi connectivity index (χ4n) is 2.39. The van der Waals surface area contributed by atoms with E-state index in [2.05, 4.69) is 97.1 Å². The molecule has 3 rings (SSSR count). The van der Waals surface area contributed by atoms with Gasteiger partial charge in [-0.1, -0.05) is 97.1 Å². The monoisotopic (exact) mass is 276 g/mol. The minimum atomic E-state index is -0.400. The molecule has 2 aromatic carbocycles. The first kappa shape index (κ1) is 13.1. The third-order valence-electron chi connectivity index (χ3n) is 3.32. The van der Waals surface area contributed by atoms with Gasteiger partial charge in [-0.05, 0) is 18.5 Å². The van der Waals surface area contributed by atoms with Crippen LogP contribution in [0, 0.1) is 0 Å². The molecule has 0 nitrogen and oxygen atoms in total. The molecule has 0 atom stereocenters. The van der Waals surface area contributed by atoms with Crippen LogP contribution in [-0.4, -0.2) is 5.66 Å². The Bertz CT molecular complexity index is 568. The van der Waals surface area contributed by atoms with Gasteiger partial charge in [-0.25, -0.2) is 0 Å². The van der Waals surface area contributed by atoms with Crippen LogP contribution in [0.1, 0.15) is 0 Å². The van der Waals surface area contributed by atoms with Crippen LogP contribution in [0.15, 0.2) is 97.1 Å². The second kappa shape index (κ2) is 6.50. The molecule has 0 unspecified atom stereocenters. The molecule has 1 aliphatic rings. The summed E-state index contributed by atoms with van der Waals surface area (Å²) in [5.41, 5.74) is 0.449. The van der Waals surface area contributed by atoms with Crippen molar-refractivity contribution in [2.24, 2.45) is 0 Å². The molecule has 0 radical (unpaired) electrons. The van der Waals surface area contributed by atoms with Crippen molar-refractivity contribution in [3.05, 3.63) is 97.1 Å². The fourth-order valence-corrected chi connectivity index (χ4v) is 4.91.